The van der Waals surface area contributed by atoms with Gasteiger partial charge in [0.2, 0.25) is 0 Å². The predicted octanol–water partition coefficient (Wildman–Crippen LogP) is 4.61. The van der Waals surface area contributed by atoms with Crippen LogP contribution < -0.4 is 10.1 Å². The minimum Gasteiger partial charge on any atom is -0.497 e. The highest BCUT2D eigenvalue weighted by Gasteiger charge is 2.53. The molecule has 22 heavy (non-hydrogen) atoms. The van der Waals surface area contributed by atoms with Gasteiger partial charge in [0.15, 0.2) is 0 Å². The maximum absolute atomic E-state index is 12.4. The number of benzene rings is 2. The lowest BCUT2D eigenvalue weighted by atomic mass is 10.1. The van der Waals surface area contributed by atoms with Crippen LogP contribution in [0.2, 0.25) is 0 Å². The van der Waals surface area contributed by atoms with Crippen LogP contribution in [-0.2, 0) is 0 Å². The van der Waals surface area contributed by atoms with Crippen molar-refractivity contribution in [1.82, 2.24) is 0 Å². The fourth-order valence-electron chi connectivity index (χ4n) is 2.40. The van der Waals surface area contributed by atoms with E-state index in [1.807, 2.05) is 24.3 Å². The van der Waals surface area contributed by atoms with Gasteiger partial charge in [0.1, 0.15) is 10.1 Å². The van der Waals surface area contributed by atoms with E-state index in [4.69, 9.17) is 27.9 Å². The summed E-state index contributed by atoms with van der Waals surface area (Å²) in [6.07, 6.45) is 0.700. The molecule has 2 aromatic carbocycles. The molecule has 1 aliphatic carbocycles. The number of nitrogens with one attached hydrogen (secondary N) is 1. The zero-order valence-corrected chi connectivity index (χ0v) is 13.5. The van der Waals surface area contributed by atoms with Crippen molar-refractivity contribution in [1.29, 1.82) is 0 Å². The fourth-order valence-corrected chi connectivity index (χ4v) is 2.95. The number of amides is 1. The zero-order valence-electron chi connectivity index (χ0n) is 12.0. The Kier molecular flexibility index (Phi) is 4.02. The lowest BCUT2D eigenvalue weighted by molar-refractivity contribution is 0.102. The molecule has 2 aromatic rings. The van der Waals surface area contributed by atoms with Gasteiger partial charge < -0.3 is 10.1 Å². The molecule has 0 spiro atoms. The molecule has 0 aromatic heterocycles. The number of alkyl halides is 2. The average Bonchev–Trinajstić information content (AvgIpc) is 3.16. The standard InChI is InChI=1S/C17H15Cl2NO2/c1-22-12-8-6-11(7-9-12)16(21)20-15-5-3-2-4-13(15)14-10-17(14,18)19/h2-9,14H,10H2,1H3,(H,20,21)/t14-/m0/s1. The van der Waals surface area contributed by atoms with E-state index in [1.165, 1.54) is 0 Å². The fraction of sp³-hybridized carbons (Fsp3) is 0.235. The van der Waals surface area contributed by atoms with Gasteiger partial charge in [0, 0.05) is 17.2 Å². The quantitative estimate of drug-likeness (QED) is 0.828. The van der Waals surface area contributed by atoms with E-state index < -0.39 is 4.33 Å². The molecule has 0 heterocycles. The van der Waals surface area contributed by atoms with Gasteiger partial charge in [0.05, 0.1) is 7.11 Å². The van der Waals surface area contributed by atoms with Gasteiger partial charge in [-0.15, -0.1) is 23.2 Å². The molecule has 1 amide bonds. The van der Waals surface area contributed by atoms with Crippen molar-refractivity contribution in [3.05, 3.63) is 59.7 Å². The Labute approximate surface area is 139 Å². The van der Waals surface area contributed by atoms with Crippen LogP contribution in [0.15, 0.2) is 48.5 Å². The van der Waals surface area contributed by atoms with E-state index in [0.717, 1.165) is 11.3 Å². The Morgan fingerprint density at radius 3 is 2.41 bits per heavy atom. The third kappa shape index (κ3) is 3.06. The highest BCUT2D eigenvalue weighted by atomic mass is 35.5. The number of carbonyl (C=O) groups is 1. The molecule has 3 nitrogen and oxygen atoms in total. The first-order valence-corrected chi connectivity index (χ1v) is 7.69. The van der Waals surface area contributed by atoms with E-state index in [9.17, 15) is 4.79 Å². The average molecular weight is 336 g/mol. The lowest BCUT2D eigenvalue weighted by Crippen LogP contribution is -2.13. The van der Waals surface area contributed by atoms with Crippen LogP contribution >= 0.6 is 23.2 Å². The van der Waals surface area contributed by atoms with Crippen molar-refractivity contribution in [3.8, 4) is 5.75 Å². The monoisotopic (exact) mass is 335 g/mol. The van der Waals surface area contributed by atoms with Crippen molar-refractivity contribution in [3.63, 3.8) is 0 Å². The maximum atomic E-state index is 12.4. The summed E-state index contributed by atoms with van der Waals surface area (Å²) in [5.41, 5.74) is 2.28. The summed E-state index contributed by atoms with van der Waals surface area (Å²) in [6.45, 7) is 0. The van der Waals surface area contributed by atoms with Crippen molar-refractivity contribution in [2.75, 3.05) is 12.4 Å². The Hall–Kier alpha value is -1.71. The van der Waals surface area contributed by atoms with Crippen LogP contribution in [0.5, 0.6) is 5.75 Å². The predicted molar refractivity (Wildman–Crippen MR) is 89.2 cm³/mol. The summed E-state index contributed by atoms with van der Waals surface area (Å²) in [5, 5.41) is 2.93. The van der Waals surface area contributed by atoms with Gasteiger partial charge >= 0.3 is 0 Å². The normalized spacial score (nSPS) is 18.6. The summed E-state index contributed by atoms with van der Waals surface area (Å²) < 4.78 is 4.37. The van der Waals surface area contributed by atoms with E-state index in [2.05, 4.69) is 5.32 Å². The molecule has 0 bridgehead atoms. The molecule has 3 rings (SSSR count). The molecular formula is C17H15Cl2NO2. The smallest absolute Gasteiger partial charge is 0.255 e. The van der Waals surface area contributed by atoms with Gasteiger partial charge in [-0.3, -0.25) is 4.79 Å². The number of hydrogen-bond donors (Lipinski definition) is 1. The molecule has 0 radical (unpaired) electrons. The molecule has 0 aliphatic heterocycles. The molecule has 1 aliphatic rings. The number of methoxy groups -OCH3 is 1. The zero-order chi connectivity index (χ0) is 15.7. The van der Waals surface area contributed by atoms with Crippen molar-refractivity contribution in [2.24, 2.45) is 0 Å². The van der Waals surface area contributed by atoms with Gasteiger partial charge in [-0.05, 0) is 42.3 Å². The summed E-state index contributed by atoms with van der Waals surface area (Å²) in [6, 6.07) is 14.6. The summed E-state index contributed by atoms with van der Waals surface area (Å²) in [5.74, 6) is 0.595. The van der Waals surface area contributed by atoms with E-state index in [0.29, 0.717) is 17.7 Å². The van der Waals surface area contributed by atoms with Crippen LogP contribution in [0, 0.1) is 0 Å². The second-order valence-electron chi connectivity index (χ2n) is 5.29. The second kappa shape index (κ2) is 5.82. The molecule has 1 N–H and O–H groups in total. The number of anilines is 1. The van der Waals surface area contributed by atoms with Gasteiger partial charge in [0.25, 0.3) is 5.91 Å². The number of ether oxygens (including phenoxy) is 1. The number of halogens is 2. The maximum Gasteiger partial charge on any atom is 0.255 e. The van der Waals surface area contributed by atoms with Crippen molar-refractivity contribution >= 4 is 34.8 Å². The molecule has 5 heteroatoms. The van der Waals surface area contributed by atoms with Crippen LogP contribution in [0.4, 0.5) is 5.69 Å². The first-order chi connectivity index (χ1) is 10.5. The van der Waals surface area contributed by atoms with Crippen molar-refractivity contribution in [2.45, 2.75) is 16.7 Å². The summed E-state index contributed by atoms with van der Waals surface area (Å²) >= 11 is 12.3. The molecule has 1 atom stereocenters. The molecule has 0 saturated heterocycles. The number of para-hydroxylation sites is 1. The van der Waals surface area contributed by atoms with Crippen LogP contribution in [0.25, 0.3) is 0 Å². The largest absolute Gasteiger partial charge is 0.497 e. The lowest BCUT2D eigenvalue weighted by Gasteiger charge is -2.11. The summed E-state index contributed by atoms with van der Waals surface area (Å²) in [7, 11) is 1.59. The van der Waals surface area contributed by atoms with Crippen LogP contribution in [0.1, 0.15) is 28.3 Å². The first kappa shape index (κ1) is 15.2. The summed E-state index contributed by atoms with van der Waals surface area (Å²) in [4.78, 5) is 12.4. The number of carbonyl (C=O) groups excluding carboxylic acids is 1. The highest BCUT2D eigenvalue weighted by molar-refractivity contribution is 6.51. The van der Waals surface area contributed by atoms with Gasteiger partial charge in [-0.25, -0.2) is 0 Å². The van der Waals surface area contributed by atoms with Crippen molar-refractivity contribution < 1.29 is 9.53 Å². The first-order valence-electron chi connectivity index (χ1n) is 6.93. The number of rotatable bonds is 4. The molecule has 1 fully saturated rings. The third-order valence-corrected chi connectivity index (χ3v) is 4.60. The molecule has 1 saturated carbocycles. The van der Waals surface area contributed by atoms with Gasteiger partial charge in [-0.2, -0.15) is 0 Å². The Balaban J connectivity index is 1.79. The van der Waals surface area contributed by atoms with Crippen LogP contribution in [0.3, 0.4) is 0 Å². The highest BCUT2D eigenvalue weighted by Crippen LogP contribution is 2.60. The Morgan fingerprint density at radius 1 is 1.18 bits per heavy atom. The minimum absolute atomic E-state index is 0.0585. The molecule has 0 unspecified atom stereocenters. The Morgan fingerprint density at radius 2 is 1.82 bits per heavy atom. The minimum atomic E-state index is -0.721. The van der Waals surface area contributed by atoms with Gasteiger partial charge in [-0.1, -0.05) is 18.2 Å². The van der Waals surface area contributed by atoms with Crippen LogP contribution in [-0.4, -0.2) is 17.4 Å². The van der Waals surface area contributed by atoms with E-state index >= 15 is 0 Å². The van der Waals surface area contributed by atoms with E-state index in [1.54, 1.807) is 31.4 Å². The number of hydrogen-bond acceptors (Lipinski definition) is 2. The third-order valence-electron chi connectivity index (χ3n) is 3.76. The van der Waals surface area contributed by atoms with E-state index in [-0.39, 0.29) is 11.8 Å². The topological polar surface area (TPSA) is 38.3 Å². The second-order valence-corrected chi connectivity index (χ2v) is 6.83. The Bertz CT molecular complexity index is 698. The molecular weight excluding hydrogens is 321 g/mol. The molecule has 114 valence electrons. The SMILES string of the molecule is COc1ccc(C(=O)Nc2ccccc2[C@@H]2CC2(Cl)Cl)cc1.